The van der Waals surface area contributed by atoms with E-state index in [1.54, 1.807) is 0 Å². The Morgan fingerprint density at radius 1 is 0.517 bits per heavy atom. The molecule has 14 heteroatoms. The quantitative estimate of drug-likeness (QED) is 0.0147. The molecule has 1 aliphatic rings. The minimum absolute atomic E-state index is 0.0829. The van der Waals surface area contributed by atoms with Gasteiger partial charge in [-0.25, -0.2) is 4.57 Å². The van der Waals surface area contributed by atoms with E-state index in [-0.39, 0.29) is 12.8 Å². The largest absolute Gasteiger partial charge is 0.472 e. The first-order chi connectivity index (χ1) is 28.9. The predicted molar refractivity (Wildman–Crippen MR) is 235 cm³/mol. The van der Waals surface area contributed by atoms with Gasteiger partial charge in [0, 0.05) is 12.8 Å². The third kappa shape index (κ3) is 28.8. The number of carbonyl (C=O) groups excluding carboxylic acids is 2. The minimum Gasteiger partial charge on any atom is -0.462 e. The van der Waals surface area contributed by atoms with Crippen LogP contribution in [0.15, 0.2) is 24.3 Å². The van der Waals surface area contributed by atoms with E-state index < -0.39 is 75.7 Å². The molecule has 60 heavy (non-hydrogen) atoms. The molecule has 1 fully saturated rings. The van der Waals surface area contributed by atoms with Crippen LogP contribution in [0.4, 0.5) is 0 Å². The summed E-state index contributed by atoms with van der Waals surface area (Å²) >= 11 is 0. The van der Waals surface area contributed by atoms with Crippen LogP contribution in [-0.2, 0) is 32.7 Å². The van der Waals surface area contributed by atoms with E-state index >= 15 is 0 Å². The van der Waals surface area contributed by atoms with Gasteiger partial charge in [0.05, 0.1) is 6.61 Å². The monoisotopic (exact) mass is 877 g/mol. The normalized spacial score (nSPS) is 22.3. The SMILES string of the molecule is CCC/C=C\C/C=C\CCCCCCCC(=O)OC(COC(=O)CCCCCCCCCCCCCCCCCCCC)COP(=O)(O)OC1C(O)C(O)C(O)C(O)C1O. The summed E-state index contributed by atoms with van der Waals surface area (Å²) in [6.45, 7) is 3.23. The number of allylic oxidation sites excluding steroid dienone is 4. The number of phosphoric ester groups is 1. The fourth-order valence-corrected chi connectivity index (χ4v) is 8.18. The van der Waals surface area contributed by atoms with Crippen LogP contribution in [0.1, 0.15) is 200 Å². The average molecular weight is 877 g/mol. The Labute approximate surface area is 362 Å². The Bertz CT molecular complexity index is 1150. The molecule has 0 aromatic rings. The van der Waals surface area contributed by atoms with E-state index in [1.807, 2.05) is 0 Å². The summed E-state index contributed by atoms with van der Waals surface area (Å²) in [4.78, 5) is 35.7. The van der Waals surface area contributed by atoms with Crippen LogP contribution in [0.2, 0.25) is 0 Å². The van der Waals surface area contributed by atoms with Gasteiger partial charge in [-0.2, -0.15) is 0 Å². The molecule has 0 heterocycles. The molecule has 0 amide bonds. The molecule has 352 valence electrons. The van der Waals surface area contributed by atoms with E-state index in [4.69, 9.17) is 18.5 Å². The van der Waals surface area contributed by atoms with E-state index in [0.717, 1.165) is 70.6 Å². The van der Waals surface area contributed by atoms with Gasteiger partial charge >= 0.3 is 19.8 Å². The molecule has 0 aromatic heterocycles. The van der Waals surface area contributed by atoms with Crippen LogP contribution in [0.25, 0.3) is 0 Å². The number of phosphoric acid groups is 1. The van der Waals surface area contributed by atoms with Gasteiger partial charge in [-0.1, -0.05) is 173 Å². The van der Waals surface area contributed by atoms with E-state index in [9.17, 15) is 44.6 Å². The number of carbonyl (C=O) groups is 2. The first kappa shape index (κ1) is 56.3. The van der Waals surface area contributed by atoms with Crippen molar-refractivity contribution in [1.82, 2.24) is 0 Å². The maximum atomic E-state index is 12.8. The highest BCUT2D eigenvalue weighted by Gasteiger charge is 2.51. The lowest BCUT2D eigenvalue weighted by Crippen LogP contribution is -2.64. The lowest BCUT2D eigenvalue weighted by Gasteiger charge is -2.41. The fourth-order valence-electron chi connectivity index (χ4n) is 7.21. The van der Waals surface area contributed by atoms with Gasteiger partial charge in [-0.05, 0) is 38.5 Å². The van der Waals surface area contributed by atoms with Gasteiger partial charge in [-0.15, -0.1) is 0 Å². The predicted octanol–water partition coefficient (Wildman–Crippen LogP) is 9.23. The van der Waals surface area contributed by atoms with Crippen molar-refractivity contribution >= 4 is 19.8 Å². The van der Waals surface area contributed by atoms with Crippen LogP contribution < -0.4 is 0 Å². The van der Waals surface area contributed by atoms with Crippen LogP contribution in [-0.4, -0.2) is 98.3 Å². The van der Waals surface area contributed by atoms with Crippen LogP contribution in [0.5, 0.6) is 0 Å². The highest BCUT2D eigenvalue weighted by Crippen LogP contribution is 2.47. The number of rotatable bonds is 39. The molecular weight excluding hydrogens is 791 g/mol. The molecule has 6 atom stereocenters. The zero-order valence-electron chi connectivity index (χ0n) is 37.3. The van der Waals surface area contributed by atoms with E-state index in [2.05, 4.69) is 38.2 Å². The molecule has 1 rings (SSSR count). The van der Waals surface area contributed by atoms with Crippen molar-refractivity contribution in [2.75, 3.05) is 13.2 Å². The highest BCUT2D eigenvalue weighted by atomic mass is 31.2. The van der Waals surface area contributed by atoms with E-state index in [1.165, 1.54) is 89.9 Å². The molecule has 0 spiro atoms. The van der Waals surface area contributed by atoms with Crippen molar-refractivity contribution in [2.45, 2.75) is 243 Å². The smallest absolute Gasteiger partial charge is 0.462 e. The number of aliphatic hydroxyl groups is 5. The van der Waals surface area contributed by atoms with Gasteiger partial charge in [0.1, 0.15) is 43.2 Å². The molecule has 13 nitrogen and oxygen atoms in total. The molecular formula is C46H85O13P. The summed E-state index contributed by atoms with van der Waals surface area (Å²) in [6.07, 6.45) is 26.6. The maximum Gasteiger partial charge on any atom is 0.472 e. The summed E-state index contributed by atoms with van der Waals surface area (Å²) in [5.41, 5.74) is 0. The number of aliphatic hydroxyl groups excluding tert-OH is 5. The number of hydrogen-bond acceptors (Lipinski definition) is 12. The zero-order valence-corrected chi connectivity index (χ0v) is 38.2. The lowest BCUT2D eigenvalue weighted by atomic mass is 9.85. The van der Waals surface area contributed by atoms with Crippen molar-refractivity contribution < 1.29 is 63.1 Å². The molecule has 0 aliphatic heterocycles. The Kier molecular flexibility index (Phi) is 34.5. The summed E-state index contributed by atoms with van der Waals surface area (Å²) in [6, 6.07) is 0. The van der Waals surface area contributed by atoms with E-state index in [0.29, 0.717) is 12.8 Å². The Morgan fingerprint density at radius 2 is 0.933 bits per heavy atom. The van der Waals surface area contributed by atoms with Gasteiger partial charge in [0.15, 0.2) is 6.10 Å². The van der Waals surface area contributed by atoms with Crippen molar-refractivity contribution in [1.29, 1.82) is 0 Å². The second-order valence-corrected chi connectivity index (χ2v) is 18.0. The van der Waals surface area contributed by atoms with Crippen LogP contribution >= 0.6 is 7.82 Å². The number of hydrogen-bond donors (Lipinski definition) is 6. The van der Waals surface area contributed by atoms with Crippen LogP contribution in [0, 0.1) is 0 Å². The molecule has 0 aromatic carbocycles. The molecule has 1 saturated carbocycles. The molecule has 6 N–H and O–H groups in total. The summed E-state index contributed by atoms with van der Waals surface area (Å²) in [5.74, 6) is -1.11. The molecule has 1 aliphatic carbocycles. The Balaban J connectivity index is 2.42. The number of esters is 2. The average Bonchev–Trinajstić information content (AvgIpc) is 3.23. The molecule has 6 unspecified atom stereocenters. The zero-order chi connectivity index (χ0) is 44.3. The Morgan fingerprint density at radius 3 is 1.42 bits per heavy atom. The second-order valence-electron chi connectivity index (χ2n) is 16.6. The first-order valence-corrected chi connectivity index (χ1v) is 25.1. The van der Waals surface area contributed by atoms with Crippen LogP contribution in [0.3, 0.4) is 0 Å². The summed E-state index contributed by atoms with van der Waals surface area (Å²) in [7, 11) is -5.12. The molecule has 0 bridgehead atoms. The minimum atomic E-state index is -5.12. The van der Waals surface area contributed by atoms with Crippen molar-refractivity contribution in [3.05, 3.63) is 24.3 Å². The third-order valence-corrected chi connectivity index (χ3v) is 12.0. The number of unbranched alkanes of at least 4 members (excludes halogenated alkanes) is 23. The van der Waals surface area contributed by atoms with Crippen molar-refractivity contribution in [3.8, 4) is 0 Å². The topological polar surface area (TPSA) is 210 Å². The Hall–Kier alpha value is -1.67. The second kappa shape index (κ2) is 36.8. The summed E-state index contributed by atoms with van der Waals surface area (Å²) < 4.78 is 33.5. The molecule has 0 radical (unpaired) electrons. The van der Waals surface area contributed by atoms with Gasteiger partial charge in [0.2, 0.25) is 0 Å². The van der Waals surface area contributed by atoms with Crippen molar-refractivity contribution in [3.63, 3.8) is 0 Å². The standard InChI is InChI=1S/C46H85O13P/c1-3-5-7-9-11-13-15-17-18-19-20-21-23-24-26-28-30-32-34-39(47)56-36-38(37-57-60(54,55)59-46-44(52)42(50)41(49)43(51)45(46)53)58-40(48)35-33-31-29-27-25-22-16-14-12-10-8-6-4-2/h8,10,14,16,38,41-46,49-53H,3-7,9,11-13,15,17-37H2,1-2H3,(H,54,55)/b10-8-,16-14-. The number of ether oxygens (including phenoxy) is 2. The maximum absolute atomic E-state index is 12.8. The van der Waals surface area contributed by atoms with Gasteiger partial charge in [-0.3, -0.25) is 18.6 Å². The van der Waals surface area contributed by atoms with Gasteiger partial charge in [0.25, 0.3) is 0 Å². The van der Waals surface area contributed by atoms with Crippen molar-refractivity contribution in [2.24, 2.45) is 0 Å². The summed E-state index contributed by atoms with van der Waals surface area (Å²) in [5, 5.41) is 50.1. The molecule has 0 saturated heterocycles. The van der Waals surface area contributed by atoms with Gasteiger partial charge < -0.3 is 39.9 Å². The highest BCUT2D eigenvalue weighted by molar-refractivity contribution is 7.47. The fraction of sp³-hybridized carbons (Fsp3) is 0.870. The third-order valence-electron chi connectivity index (χ3n) is 11.0. The first-order valence-electron chi connectivity index (χ1n) is 23.6. The lowest BCUT2D eigenvalue weighted by molar-refractivity contribution is -0.220.